The van der Waals surface area contributed by atoms with Gasteiger partial charge < -0.3 is 10.6 Å². The number of hydrogen-bond donors (Lipinski definition) is 1. The summed E-state index contributed by atoms with van der Waals surface area (Å²) in [5, 5.41) is 0.445. The fourth-order valence-corrected chi connectivity index (χ4v) is 1.64. The highest BCUT2D eigenvalue weighted by molar-refractivity contribution is 6.33. The molecule has 2 N–H and O–H groups in total. The van der Waals surface area contributed by atoms with Gasteiger partial charge in [0.25, 0.3) is 6.43 Å². The number of alkyl halides is 2. The van der Waals surface area contributed by atoms with Crippen molar-refractivity contribution in [3.05, 3.63) is 28.8 Å². The van der Waals surface area contributed by atoms with Gasteiger partial charge in [0.05, 0.1) is 17.3 Å². The molecule has 2 nitrogen and oxygen atoms in total. The number of nitrogens with two attached hydrogens (primary N) is 1. The molecule has 0 unspecified atom stereocenters. The Morgan fingerprint density at radius 2 is 2.13 bits per heavy atom. The predicted molar refractivity (Wildman–Crippen MR) is 58.6 cm³/mol. The number of halogens is 3. The van der Waals surface area contributed by atoms with Crippen LogP contribution in [-0.2, 0) is 6.54 Å². The maximum absolute atomic E-state index is 12.1. The van der Waals surface area contributed by atoms with E-state index in [-0.39, 0.29) is 6.54 Å². The van der Waals surface area contributed by atoms with Crippen LogP contribution in [0.3, 0.4) is 0 Å². The van der Waals surface area contributed by atoms with Crippen LogP contribution in [0.1, 0.15) is 5.56 Å². The van der Waals surface area contributed by atoms with Gasteiger partial charge in [-0.15, -0.1) is 0 Å². The van der Waals surface area contributed by atoms with Crippen molar-refractivity contribution in [2.75, 3.05) is 18.5 Å². The lowest BCUT2D eigenvalue weighted by molar-refractivity contribution is 0.156. The maximum Gasteiger partial charge on any atom is 0.255 e. The van der Waals surface area contributed by atoms with Crippen LogP contribution in [0.15, 0.2) is 18.2 Å². The van der Waals surface area contributed by atoms with Crippen molar-refractivity contribution in [1.82, 2.24) is 0 Å². The molecule has 0 radical (unpaired) electrons. The van der Waals surface area contributed by atoms with E-state index in [0.29, 0.717) is 17.3 Å². The molecule has 1 aromatic carbocycles. The molecule has 0 saturated heterocycles. The molecule has 0 atom stereocenters. The van der Waals surface area contributed by atoms with E-state index in [1.807, 2.05) is 0 Å². The Labute approximate surface area is 92.6 Å². The van der Waals surface area contributed by atoms with E-state index in [1.165, 1.54) is 4.90 Å². The second-order valence-electron chi connectivity index (χ2n) is 3.26. The van der Waals surface area contributed by atoms with Crippen molar-refractivity contribution in [2.45, 2.75) is 13.0 Å². The van der Waals surface area contributed by atoms with Crippen molar-refractivity contribution in [3.8, 4) is 0 Å². The van der Waals surface area contributed by atoms with E-state index >= 15 is 0 Å². The summed E-state index contributed by atoms with van der Waals surface area (Å²) in [6, 6.07) is 5.18. The fourth-order valence-electron chi connectivity index (χ4n) is 1.29. The van der Waals surface area contributed by atoms with Gasteiger partial charge in [0.2, 0.25) is 0 Å². The minimum atomic E-state index is -2.37. The van der Waals surface area contributed by atoms with E-state index in [9.17, 15) is 8.78 Å². The first kappa shape index (κ1) is 12.2. The zero-order valence-corrected chi connectivity index (χ0v) is 9.14. The first-order chi connectivity index (χ1) is 7.04. The smallest absolute Gasteiger partial charge is 0.255 e. The summed E-state index contributed by atoms with van der Waals surface area (Å²) >= 11 is 5.94. The fraction of sp³-hybridized carbons (Fsp3) is 0.400. The van der Waals surface area contributed by atoms with Crippen molar-refractivity contribution >= 4 is 17.3 Å². The molecule has 15 heavy (non-hydrogen) atoms. The molecule has 0 bridgehead atoms. The monoisotopic (exact) mass is 234 g/mol. The highest BCUT2D eigenvalue weighted by Gasteiger charge is 2.11. The average Bonchev–Trinajstić information content (AvgIpc) is 2.16. The zero-order chi connectivity index (χ0) is 11.4. The molecule has 84 valence electrons. The summed E-state index contributed by atoms with van der Waals surface area (Å²) in [7, 11) is 1.58. The maximum atomic E-state index is 12.1. The minimum absolute atomic E-state index is 0.332. The average molecular weight is 235 g/mol. The van der Waals surface area contributed by atoms with Crippen LogP contribution in [-0.4, -0.2) is 20.0 Å². The molecule has 0 aliphatic rings. The molecule has 0 aromatic heterocycles. The van der Waals surface area contributed by atoms with Crippen LogP contribution in [0.25, 0.3) is 0 Å². The van der Waals surface area contributed by atoms with Crippen molar-refractivity contribution in [1.29, 1.82) is 0 Å². The van der Waals surface area contributed by atoms with Crippen LogP contribution in [0.4, 0.5) is 14.5 Å². The van der Waals surface area contributed by atoms with E-state index in [0.717, 1.165) is 5.56 Å². The Balaban J connectivity index is 2.85. The normalized spacial score (nSPS) is 10.8. The minimum Gasteiger partial charge on any atom is -0.368 e. The summed E-state index contributed by atoms with van der Waals surface area (Å²) in [6.07, 6.45) is -2.37. The highest BCUT2D eigenvalue weighted by atomic mass is 35.5. The molecule has 0 fully saturated rings. The van der Waals surface area contributed by atoms with Crippen LogP contribution in [0.5, 0.6) is 0 Å². The molecule has 0 heterocycles. The zero-order valence-electron chi connectivity index (χ0n) is 8.38. The Morgan fingerprint density at radius 1 is 1.47 bits per heavy atom. The molecule has 0 spiro atoms. The molecule has 1 aromatic rings. The van der Waals surface area contributed by atoms with Gasteiger partial charge in [-0.05, 0) is 17.7 Å². The summed E-state index contributed by atoms with van der Waals surface area (Å²) in [4.78, 5) is 1.42. The van der Waals surface area contributed by atoms with Gasteiger partial charge in [0.15, 0.2) is 0 Å². The molecule has 5 heteroatoms. The summed E-state index contributed by atoms with van der Waals surface area (Å²) in [5.41, 5.74) is 6.91. The Morgan fingerprint density at radius 3 is 2.60 bits per heavy atom. The third kappa shape index (κ3) is 3.32. The predicted octanol–water partition coefficient (Wildman–Crippen LogP) is 2.50. The number of rotatable bonds is 4. The molecule has 0 aliphatic carbocycles. The van der Waals surface area contributed by atoms with Crippen molar-refractivity contribution in [2.24, 2.45) is 5.73 Å². The standard InChI is InChI=1S/C10H13ClF2N2/c1-15(6-10(12)13)9-3-2-7(5-14)4-8(9)11/h2-4,10H,5-6,14H2,1H3. The summed E-state index contributed by atoms with van der Waals surface area (Å²) in [5.74, 6) is 0. The summed E-state index contributed by atoms with van der Waals surface area (Å²) in [6.45, 7) is 0.0558. The highest BCUT2D eigenvalue weighted by Crippen LogP contribution is 2.26. The number of hydrogen-bond acceptors (Lipinski definition) is 2. The van der Waals surface area contributed by atoms with Crippen LogP contribution >= 0.6 is 11.6 Å². The van der Waals surface area contributed by atoms with Gasteiger partial charge in [-0.1, -0.05) is 17.7 Å². The number of benzene rings is 1. The molecular weight excluding hydrogens is 222 g/mol. The number of anilines is 1. The van der Waals surface area contributed by atoms with E-state index in [4.69, 9.17) is 17.3 Å². The van der Waals surface area contributed by atoms with Crippen LogP contribution in [0, 0.1) is 0 Å². The summed E-state index contributed by atoms with van der Waals surface area (Å²) < 4.78 is 24.3. The Kier molecular flexibility index (Phi) is 4.29. The van der Waals surface area contributed by atoms with Gasteiger partial charge in [0, 0.05) is 13.6 Å². The molecule has 1 rings (SSSR count). The Bertz CT molecular complexity index is 331. The van der Waals surface area contributed by atoms with Crippen LogP contribution in [0.2, 0.25) is 5.02 Å². The van der Waals surface area contributed by atoms with Gasteiger partial charge in [-0.3, -0.25) is 0 Å². The lowest BCUT2D eigenvalue weighted by atomic mass is 10.2. The lowest BCUT2D eigenvalue weighted by Crippen LogP contribution is -2.24. The first-order valence-electron chi connectivity index (χ1n) is 4.52. The topological polar surface area (TPSA) is 29.3 Å². The van der Waals surface area contributed by atoms with Gasteiger partial charge in [0.1, 0.15) is 0 Å². The van der Waals surface area contributed by atoms with Gasteiger partial charge >= 0.3 is 0 Å². The third-order valence-corrected chi connectivity index (χ3v) is 2.37. The molecule has 0 saturated carbocycles. The van der Waals surface area contributed by atoms with Crippen molar-refractivity contribution in [3.63, 3.8) is 0 Å². The van der Waals surface area contributed by atoms with Gasteiger partial charge in [-0.25, -0.2) is 8.78 Å². The SMILES string of the molecule is CN(CC(F)F)c1ccc(CN)cc1Cl. The van der Waals surface area contributed by atoms with E-state index in [1.54, 1.807) is 25.2 Å². The third-order valence-electron chi connectivity index (χ3n) is 2.07. The second-order valence-corrected chi connectivity index (χ2v) is 3.67. The van der Waals surface area contributed by atoms with E-state index < -0.39 is 6.43 Å². The van der Waals surface area contributed by atoms with Crippen molar-refractivity contribution < 1.29 is 8.78 Å². The quantitative estimate of drug-likeness (QED) is 0.868. The molecule has 0 aliphatic heterocycles. The largest absolute Gasteiger partial charge is 0.368 e. The van der Waals surface area contributed by atoms with Crippen LogP contribution < -0.4 is 10.6 Å². The Hall–Kier alpha value is -0.870. The van der Waals surface area contributed by atoms with E-state index in [2.05, 4.69) is 0 Å². The first-order valence-corrected chi connectivity index (χ1v) is 4.90. The number of nitrogens with zero attached hydrogens (tertiary/aromatic N) is 1. The molecular formula is C10H13ClF2N2. The molecule has 0 amide bonds. The van der Waals surface area contributed by atoms with Gasteiger partial charge in [-0.2, -0.15) is 0 Å². The second kappa shape index (κ2) is 5.28. The lowest BCUT2D eigenvalue weighted by Gasteiger charge is -2.20.